The largest absolute Gasteiger partial charge is 0.393 e. The van der Waals surface area contributed by atoms with Gasteiger partial charge in [-0.3, -0.25) is 24.6 Å². The minimum absolute atomic E-state index is 0.113. The van der Waals surface area contributed by atoms with E-state index >= 15 is 0 Å². The molecule has 20 heteroatoms. The third-order valence-electron chi connectivity index (χ3n) is 14.8. The van der Waals surface area contributed by atoms with Crippen LogP contribution in [0.3, 0.4) is 0 Å². The van der Waals surface area contributed by atoms with Gasteiger partial charge in [0.25, 0.3) is 0 Å². The maximum atomic E-state index is 11.7. The average Bonchev–Trinajstić information content (AvgIpc) is 2.48. The number of benzene rings is 3. The van der Waals surface area contributed by atoms with Gasteiger partial charge < -0.3 is 31.1 Å². The Morgan fingerprint density at radius 3 is 1.35 bits per heavy atom. The smallest absolute Gasteiger partial charge is 0.239 e. The molecule has 1 amide bonds. The fourth-order valence-corrected chi connectivity index (χ4v) is 13.2. The first-order chi connectivity index (χ1) is 42.4. The predicted octanol–water partition coefficient (Wildman–Crippen LogP) is 12.9. The third kappa shape index (κ3) is 13.7. The lowest BCUT2D eigenvalue weighted by Gasteiger charge is -2.27. The van der Waals surface area contributed by atoms with Crippen molar-refractivity contribution in [2.75, 3.05) is 68.9 Å². The summed E-state index contributed by atoms with van der Waals surface area (Å²) >= 11 is 4.84. The number of likely N-dealkylation sites (N-methyl/N-ethyl adjacent to an activating group) is 1. The Balaban J connectivity index is 0.000000126. The van der Waals surface area contributed by atoms with E-state index in [1.54, 1.807) is 59.6 Å². The molecule has 10 heterocycles. The molecule has 1 saturated carbocycles. The van der Waals surface area contributed by atoms with Crippen molar-refractivity contribution < 1.29 is 14.6 Å². The number of aromatic nitrogens is 9. The van der Waals surface area contributed by atoms with Gasteiger partial charge in [0.05, 0.1) is 42.0 Å². The molecular formula is C66H62N14O3S3. The fourth-order valence-electron chi connectivity index (χ4n) is 10.3. The minimum atomic E-state index is -0.177. The van der Waals surface area contributed by atoms with Gasteiger partial charge in [-0.1, -0.05) is 109 Å². The Morgan fingerprint density at radius 1 is 0.523 bits per heavy atom. The first-order valence-electron chi connectivity index (χ1n) is 28.6. The van der Waals surface area contributed by atoms with Crippen molar-refractivity contribution >= 4 is 88.0 Å². The Kier molecular flexibility index (Phi) is 18.6. The van der Waals surface area contributed by atoms with Crippen molar-refractivity contribution in [3.05, 3.63) is 180 Å². The molecule has 86 heavy (non-hydrogen) atoms. The molecule has 5 N–H and O–H groups in total. The van der Waals surface area contributed by atoms with Gasteiger partial charge in [0.1, 0.15) is 49.0 Å². The summed E-state index contributed by atoms with van der Waals surface area (Å²) in [6.45, 7) is 5.49. The van der Waals surface area contributed by atoms with Gasteiger partial charge in [0.15, 0.2) is 17.5 Å². The molecule has 2 aliphatic rings. The molecule has 17 nitrogen and oxygen atoms in total. The van der Waals surface area contributed by atoms with E-state index < -0.39 is 0 Å². The van der Waals surface area contributed by atoms with Crippen LogP contribution in [0.2, 0.25) is 0 Å². The number of morpholine rings is 1. The molecule has 12 aromatic rings. The zero-order chi connectivity index (χ0) is 58.4. The number of hydrogen-bond donors (Lipinski definition) is 5. The summed E-state index contributed by atoms with van der Waals surface area (Å²) in [4.78, 5) is 59.0. The molecule has 2 fully saturated rings. The van der Waals surface area contributed by atoms with Gasteiger partial charge >= 0.3 is 0 Å². The van der Waals surface area contributed by atoms with Crippen LogP contribution in [-0.4, -0.2) is 126 Å². The summed E-state index contributed by atoms with van der Waals surface area (Å²) in [6.07, 6.45) is 8.61. The van der Waals surface area contributed by atoms with Crippen LogP contribution in [0.4, 0.5) is 17.5 Å². The number of carbonyl (C=O) groups is 1. The number of nitrogens with one attached hydrogen (secondary N) is 4. The number of ether oxygens (including phenoxy) is 1. The zero-order valence-electron chi connectivity index (χ0n) is 47.2. The Morgan fingerprint density at radius 2 is 0.930 bits per heavy atom. The third-order valence-corrected chi connectivity index (χ3v) is 17.4. The Labute approximate surface area is 509 Å². The van der Waals surface area contributed by atoms with Gasteiger partial charge in [-0.15, -0.1) is 34.0 Å². The van der Waals surface area contributed by atoms with Crippen molar-refractivity contribution in [1.82, 2.24) is 55.1 Å². The van der Waals surface area contributed by atoms with Crippen LogP contribution < -0.4 is 21.3 Å². The number of aliphatic hydroxyl groups is 1. The quantitative estimate of drug-likeness (QED) is 0.0645. The summed E-state index contributed by atoms with van der Waals surface area (Å²) in [5.74, 6) is 4.06. The first-order valence-corrected chi connectivity index (χ1v) is 31.3. The van der Waals surface area contributed by atoms with Crippen molar-refractivity contribution in [3.63, 3.8) is 0 Å². The number of rotatable bonds is 15. The van der Waals surface area contributed by atoms with E-state index in [1.165, 1.54) is 5.56 Å². The van der Waals surface area contributed by atoms with Crippen LogP contribution in [0.1, 0.15) is 25.7 Å². The highest BCUT2D eigenvalue weighted by atomic mass is 32.1. The molecule has 1 aliphatic carbocycles. The molecule has 0 spiro atoms. The SMILES string of the molecule is CNC(=O)CNc1nc(-c2ccccn2)nc2scc(-c3ccccc3)c12.OC1CCC(Nc2nc(-c3ccccn3)nc3scc(-c4ccccc4)c23)CC1.c1ccc(-c2csc3nc(-c4ccccn4)nc(NCCN4CCOCC4)c23)cc1. The van der Waals surface area contributed by atoms with Gasteiger partial charge in [0.2, 0.25) is 5.91 Å². The van der Waals surface area contributed by atoms with Crippen molar-refractivity contribution in [1.29, 1.82) is 0 Å². The number of pyridine rings is 3. The second-order valence-electron chi connectivity index (χ2n) is 20.5. The summed E-state index contributed by atoms with van der Waals surface area (Å²) < 4.78 is 5.45. The number of anilines is 3. The topological polar surface area (TPSA) is 214 Å². The van der Waals surface area contributed by atoms with Gasteiger partial charge in [-0.05, 0) is 78.8 Å². The van der Waals surface area contributed by atoms with Crippen LogP contribution in [0.5, 0.6) is 0 Å². The zero-order valence-corrected chi connectivity index (χ0v) is 49.7. The molecule has 0 atom stereocenters. The number of hydrogen-bond acceptors (Lipinski definition) is 19. The summed E-state index contributed by atoms with van der Waals surface area (Å²) in [6, 6.07) is 48.4. The molecule has 1 saturated heterocycles. The van der Waals surface area contributed by atoms with Crippen LogP contribution in [0, 0.1) is 0 Å². The molecule has 0 radical (unpaired) electrons. The predicted molar refractivity (Wildman–Crippen MR) is 348 cm³/mol. The number of fused-ring (bicyclic) bond motifs is 3. The second kappa shape index (κ2) is 27.8. The highest BCUT2D eigenvalue weighted by Crippen LogP contribution is 2.41. The monoisotopic (exact) mass is 1190 g/mol. The molecule has 1 aliphatic heterocycles. The Bertz CT molecular complexity index is 4150. The van der Waals surface area contributed by atoms with E-state index in [2.05, 4.69) is 123 Å². The second-order valence-corrected chi connectivity index (χ2v) is 23.1. The van der Waals surface area contributed by atoms with Crippen LogP contribution in [-0.2, 0) is 9.53 Å². The highest BCUT2D eigenvalue weighted by Gasteiger charge is 2.24. The number of amides is 1. The van der Waals surface area contributed by atoms with Gasteiger partial charge in [-0.25, -0.2) is 29.9 Å². The molecule has 3 aromatic carbocycles. The van der Waals surface area contributed by atoms with E-state index in [0.717, 1.165) is 147 Å². The lowest BCUT2D eigenvalue weighted by atomic mass is 9.93. The number of thiophene rings is 3. The van der Waals surface area contributed by atoms with Gasteiger partial charge in [-0.2, -0.15) is 0 Å². The molecule has 0 unspecified atom stereocenters. The van der Waals surface area contributed by atoms with Crippen LogP contribution >= 0.6 is 34.0 Å². The maximum absolute atomic E-state index is 11.7. The number of carbonyl (C=O) groups excluding carboxylic acids is 1. The van der Waals surface area contributed by atoms with Crippen molar-refractivity contribution in [2.24, 2.45) is 0 Å². The normalized spacial score (nSPS) is 15.0. The summed E-state index contributed by atoms with van der Waals surface area (Å²) in [5, 5.41) is 32.3. The standard InChI is InChI=1S/C23H23N5OS.C23H22N4OS.C20H17N5OS/c1-2-6-17(7-3-1)18-16-30-23-20(18)22(25-10-11-28-12-14-29-15-13-28)26-21(27-23)19-8-4-5-9-24-19;28-17-11-9-16(10-12-17)25-22-20-18(15-6-2-1-3-7-15)14-29-23(20)27-21(26-22)19-8-4-5-13-24-19;1-21-16(26)11-23-19-17-14(13-7-3-2-4-8-13)12-27-20(17)25-18(24-19)15-9-5-6-10-22-15/h1-9,16H,10-15H2,(H,25,26,27);1-8,13-14,16-17,28H,9-12H2,(H,25,26,27);2-10,12H,11H2,1H3,(H,21,26)(H,23,24,25). The summed E-state index contributed by atoms with van der Waals surface area (Å²) in [5.41, 5.74) is 9.02. The average molecular weight is 1200 g/mol. The molecule has 432 valence electrons. The van der Waals surface area contributed by atoms with Crippen molar-refractivity contribution in [2.45, 2.75) is 37.8 Å². The van der Waals surface area contributed by atoms with Crippen LogP contribution in [0.25, 0.3) is 98.6 Å². The van der Waals surface area contributed by atoms with E-state index in [9.17, 15) is 9.90 Å². The Hall–Kier alpha value is -9.02. The fraction of sp³-hybridized carbons (Fsp3) is 0.212. The number of aliphatic hydroxyl groups excluding tert-OH is 1. The molecule has 0 bridgehead atoms. The first kappa shape index (κ1) is 57.4. The minimum Gasteiger partial charge on any atom is -0.393 e. The lowest BCUT2D eigenvalue weighted by Crippen LogP contribution is -2.39. The number of nitrogens with zero attached hydrogens (tertiary/aromatic N) is 10. The van der Waals surface area contributed by atoms with E-state index in [4.69, 9.17) is 29.7 Å². The molecule has 9 aromatic heterocycles. The highest BCUT2D eigenvalue weighted by molar-refractivity contribution is 7.18. The summed E-state index contributed by atoms with van der Waals surface area (Å²) in [7, 11) is 1.61. The van der Waals surface area contributed by atoms with E-state index in [0.29, 0.717) is 35.0 Å². The van der Waals surface area contributed by atoms with Crippen LogP contribution in [0.15, 0.2) is 180 Å². The van der Waals surface area contributed by atoms with Crippen molar-refractivity contribution in [3.8, 4) is 67.9 Å². The van der Waals surface area contributed by atoms with Gasteiger partial charge in [0, 0.05) is 90.7 Å². The van der Waals surface area contributed by atoms with E-state index in [1.807, 2.05) is 84.9 Å². The van der Waals surface area contributed by atoms with E-state index in [-0.39, 0.29) is 18.6 Å². The molecular weight excluding hydrogens is 1130 g/mol. The lowest BCUT2D eigenvalue weighted by molar-refractivity contribution is -0.118. The molecule has 14 rings (SSSR count). The maximum Gasteiger partial charge on any atom is 0.239 e.